The molecule has 2 rings (SSSR count). The highest BCUT2D eigenvalue weighted by Gasteiger charge is 2.30. The number of carbonyl (C=O) groups excluding carboxylic acids is 1. The molecule has 0 aliphatic heterocycles. The SMILES string of the molecule is O=C(Nc1ccc(C(F)(F)F)cc1)c1cccc(F)c1F. The fourth-order valence-electron chi connectivity index (χ4n) is 1.62. The molecule has 0 heterocycles. The van der Waals surface area contributed by atoms with Crippen molar-refractivity contribution in [1.82, 2.24) is 0 Å². The summed E-state index contributed by atoms with van der Waals surface area (Å²) in [5.41, 5.74) is -1.37. The summed E-state index contributed by atoms with van der Waals surface area (Å²) in [7, 11) is 0. The van der Waals surface area contributed by atoms with E-state index in [0.717, 1.165) is 42.5 Å². The molecule has 0 aliphatic carbocycles. The fourth-order valence-corrected chi connectivity index (χ4v) is 1.62. The van der Waals surface area contributed by atoms with Crippen molar-refractivity contribution in [2.75, 3.05) is 5.32 Å². The molecule has 1 N–H and O–H groups in total. The lowest BCUT2D eigenvalue weighted by molar-refractivity contribution is -0.137. The Morgan fingerprint density at radius 2 is 1.57 bits per heavy atom. The molecule has 1 amide bonds. The Labute approximate surface area is 116 Å². The predicted octanol–water partition coefficient (Wildman–Crippen LogP) is 4.24. The summed E-state index contributed by atoms with van der Waals surface area (Å²) >= 11 is 0. The predicted molar refractivity (Wildman–Crippen MR) is 65.8 cm³/mol. The molecule has 110 valence electrons. The zero-order valence-electron chi connectivity index (χ0n) is 10.3. The molecule has 0 aliphatic rings. The minimum absolute atomic E-state index is 0.0386. The molecule has 2 aromatic carbocycles. The van der Waals surface area contributed by atoms with Gasteiger partial charge in [0, 0.05) is 5.69 Å². The van der Waals surface area contributed by atoms with Crippen LogP contribution in [0.2, 0.25) is 0 Å². The Kier molecular flexibility index (Phi) is 3.93. The third kappa shape index (κ3) is 3.36. The Hall–Kier alpha value is -2.44. The number of benzene rings is 2. The van der Waals surface area contributed by atoms with E-state index in [1.54, 1.807) is 0 Å². The highest BCUT2D eigenvalue weighted by atomic mass is 19.4. The largest absolute Gasteiger partial charge is 0.416 e. The second-order valence-electron chi connectivity index (χ2n) is 4.13. The van der Waals surface area contributed by atoms with Crippen LogP contribution in [-0.2, 0) is 6.18 Å². The second-order valence-corrected chi connectivity index (χ2v) is 4.13. The zero-order chi connectivity index (χ0) is 15.6. The molecule has 7 heteroatoms. The lowest BCUT2D eigenvalue weighted by Crippen LogP contribution is -2.14. The van der Waals surface area contributed by atoms with Gasteiger partial charge in [-0.05, 0) is 36.4 Å². The molecule has 2 nitrogen and oxygen atoms in total. The maximum Gasteiger partial charge on any atom is 0.416 e. The third-order valence-corrected chi connectivity index (χ3v) is 2.67. The van der Waals surface area contributed by atoms with E-state index in [-0.39, 0.29) is 5.69 Å². The molecule has 2 aromatic rings. The van der Waals surface area contributed by atoms with Gasteiger partial charge in [-0.1, -0.05) is 6.07 Å². The van der Waals surface area contributed by atoms with Crippen LogP contribution in [0.25, 0.3) is 0 Å². The molecule has 0 radical (unpaired) electrons. The quantitative estimate of drug-likeness (QED) is 0.826. The van der Waals surface area contributed by atoms with Crippen LogP contribution in [0.5, 0.6) is 0 Å². The first kappa shape index (κ1) is 15.0. The van der Waals surface area contributed by atoms with Gasteiger partial charge in [-0.3, -0.25) is 4.79 Å². The number of hydrogen-bond donors (Lipinski definition) is 1. The van der Waals surface area contributed by atoms with Crippen LogP contribution in [0, 0.1) is 11.6 Å². The summed E-state index contributed by atoms with van der Waals surface area (Å²) in [5.74, 6) is -3.45. The summed E-state index contributed by atoms with van der Waals surface area (Å²) in [5, 5.41) is 2.19. The van der Waals surface area contributed by atoms with Crippen molar-refractivity contribution in [3.8, 4) is 0 Å². The number of nitrogens with one attached hydrogen (secondary N) is 1. The zero-order valence-corrected chi connectivity index (χ0v) is 10.3. The third-order valence-electron chi connectivity index (χ3n) is 2.67. The highest BCUT2D eigenvalue weighted by Crippen LogP contribution is 2.29. The summed E-state index contributed by atoms with van der Waals surface area (Å²) in [6, 6.07) is 6.67. The minimum Gasteiger partial charge on any atom is -0.322 e. The average Bonchev–Trinajstić information content (AvgIpc) is 2.41. The van der Waals surface area contributed by atoms with Crippen LogP contribution in [0.4, 0.5) is 27.6 Å². The molecule has 0 aromatic heterocycles. The number of carbonyl (C=O) groups is 1. The Morgan fingerprint density at radius 3 is 2.14 bits per heavy atom. The van der Waals surface area contributed by atoms with E-state index in [4.69, 9.17) is 0 Å². The Balaban J connectivity index is 2.18. The summed E-state index contributed by atoms with van der Waals surface area (Å²) in [6.45, 7) is 0. The van der Waals surface area contributed by atoms with Gasteiger partial charge in [0.15, 0.2) is 11.6 Å². The van der Waals surface area contributed by atoms with Crippen molar-refractivity contribution >= 4 is 11.6 Å². The smallest absolute Gasteiger partial charge is 0.322 e. The standard InChI is InChI=1S/C14H8F5NO/c15-11-3-1-2-10(12(11)16)13(21)20-9-6-4-8(5-7-9)14(17,18)19/h1-7H,(H,20,21). The molecular weight excluding hydrogens is 293 g/mol. The van der Waals surface area contributed by atoms with Gasteiger partial charge in [0.05, 0.1) is 11.1 Å². The van der Waals surface area contributed by atoms with E-state index in [2.05, 4.69) is 5.32 Å². The first-order chi connectivity index (χ1) is 9.79. The number of halogens is 5. The van der Waals surface area contributed by atoms with Crippen molar-refractivity contribution < 1.29 is 26.7 Å². The van der Waals surface area contributed by atoms with E-state index in [1.165, 1.54) is 0 Å². The van der Waals surface area contributed by atoms with Gasteiger partial charge in [-0.25, -0.2) is 8.78 Å². The van der Waals surface area contributed by atoms with Gasteiger partial charge in [-0.15, -0.1) is 0 Å². The molecule has 0 bridgehead atoms. The molecule has 0 fully saturated rings. The van der Waals surface area contributed by atoms with Crippen LogP contribution in [-0.4, -0.2) is 5.91 Å². The number of amides is 1. The van der Waals surface area contributed by atoms with Crippen molar-refractivity contribution in [2.45, 2.75) is 6.18 Å². The van der Waals surface area contributed by atoms with Crippen LogP contribution >= 0.6 is 0 Å². The van der Waals surface area contributed by atoms with E-state index in [1.807, 2.05) is 0 Å². The van der Waals surface area contributed by atoms with Crippen molar-refractivity contribution in [1.29, 1.82) is 0 Å². The van der Waals surface area contributed by atoms with Gasteiger partial charge >= 0.3 is 6.18 Å². The van der Waals surface area contributed by atoms with Gasteiger partial charge in [-0.2, -0.15) is 13.2 Å². The van der Waals surface area contributed by atoms with Crippen LogP contribution in [0.1, 0.15) is 15.9 Å². The number of anilines is 1. The molecule has 0 saturated heterocycles. The first-order valence-electron chi connectivity index (χ1n) is 5.71. The molecular formula is C14H8F5NO. The monoisotopic (exact) mass is 301 g/mol. The normalized spacial score (nSPS) is 11.3. The first-order valence-corrected chi connectivity index (χ1v) is 5.71. The lowest BCUT2D eigenvalue weighted by Gasteiger charge is -2.09. The van der Waals surface area contributed by atoms with Crippen molar-refractivity contribution in [3.63, 3.8) is 0 Å². The van der Waals surface area contributed by atoms with Gasteiger partial charge in [0.1, 0.15) is 0 Å². The van der Waals surface area contributed by atoms with E-state index >= 15 is 0 Å². The Bertz CT molecular complexity index is 664. The summed E-state index contributed by atoms with van der Waals surface area (Å²) in [4.78, 5) is 11.7. The average molecular weight is 301 g/mol. The number of hydrogen-bond acceptors (Lipinski definition) is 1. The van der Waals surface area contributed by atoms with E-state index < -0.39 is 34.8 Å². The van der Waals surface area contributed by atoms with Crippen molar-refractivity contribution in [2.24, 2.45) is 0 Å². The lowest BCUT2D eigenvalue weighted by atomic mass is 10.1. The fraction of sp³-hybridized carbons (Fsp3) is 0.0714. The number of rotatable bonds is 2. The van der Waals surface area contributed by atoms with Gasteiger partial charge < -0.3 is 5.32 Å². The molecule has 0 unspecified atom stereocenters. The minimum atomic E-state index is -4.49. The molecule has 0 saturated carbocycles. The number of alkyl halides is 3. The Morgan fingerprint density at radius 1 is 0.952 bits per heavy atom. The van der Waals surface area contributed by atoms with E-state index in [9.17, 15) is 26.7 Å². The maximum atomic E-state index is 13.4. The molecule has 21 heavy (non-hydrogen) atoms. The molecule has 0 atom stereocenters. The molecule has 0 spiro atoms. The van der Waals surface area contributed by atoms with Gasteiger partial charge in [0.2, 0.25) is 0 Å². The highest BCUT2D eigenvalue weighted by molar-refractivity contribution is 6.04. The van der Waals surface area contributed by atoms with Crippen LogP contribution in [0.15, 0.2) is 42.5 Å². The van der Waals surface area contributed by atoms with Gasteiger partial charge in [0.25, 0.3) is 5.91 Å². The topological polar surface area (TPSA) is 29.1 Å². The maximum absolute atomic E-state index is 13.4. The van der Waals surface area contributed by atoms with Crippen LogP contribution in [0.3, 0.4) is 0 Å². The van der Waals surface area contributed by atoms with Crippen molar-refractivity contribution in [3.05, 3.63) is 65.2 Å². The van der Waals surface area contributed by atoms with E-state index in [0.29, 0.717) is 0 Å². The summed E-state index contributed by atoms with van der Waals surface area (Å²) in [6.07, 6.45) is -4.49. The second kappa shape index (κ2) is 5.51. The van der Waals surface area contributed by atoms with Crippen LogP contribution < -0.4 is 5.32 Å². The summed E-state index contributed by atoms with van der Waals surface area (Å²) < 4.78 is 63.5.